The fourth-order valence-electron chi connectivity index (χ4n) is 1.61. The maximum atomic E-state index is 9.25. The molecule has 70 valence electrons. The van der Waals surface area contributed by atoms with Gasteiger partial charge in [0.2, 0.25) is 0 Å². The second-order valence-electron chi connectivity index (χ2n) is 3.90. The summed E-state index contributed by atoms with van der Waals surface area (Å²) in [4.78, 5) is 0. The molecule has 2 rings (SSSR count). The molecule has 13 heavy (non-hydrogen) atoms. The van der Waals surface area contributed by atoms with E-state index in [1.165, 1.54) is 11.1 Å². The summed E-state index contributed by atoms with van der Waals surface area (Å²) in [5, 5.41) is 9.25. The van der Waals surface area contributed by atoms with Crippen LogP contribution in [0.15, 0.2) is 22.7 Å². The Kier molecular flexibility index (Phi) is 2.20. The summed E-state index contributed by atoms with van der Waals surface area (Å²) in [5.41, 5.74) is 2.61. The molecule has 0 unspecified atom stereocenters. The van der Waals surface area contributed by atoms with Gasteiger partial charge in [-0.1, -0.05) is 28.1 Å². The Morgan fingerprint density at radius 1 is 1.46 bits per heavy atom. The van der Waals surface area contributed by atoms with Crippen molar-refractivity contribution >= 4 is 15.9 Å². The van der Waals surface area contributed by atoms with E-state index in [4.69, 9.17) is 0 Å². The minimum atomic E-state index is 0.0935. The van der Waals surface area contributed by atoms with Gasteiger partial charge in [0.15, 0.2) is 0 Å². The molecule has 0 saturated heterocycles. The number of rotatable bonds is 2. The molecule has 0 spiro atoms. The highest BCUT2D eigenvalue weighted by molar-refractivity contribution is 9.10. The van der Waals surface area contributed by atoms with E-state index >= 15 is 0 Å². The standard InChI is InChI=1S/C11H13BrO/c1-8-2-3-9(6-10(8)12)11(7-13)4-5-11/h2-3,6,13H,4-5,7H2,1H3. The first-order chi connectivity index (χ1) is 6.18. The molecule has 0 aromatic heterocycles. The van der Waals surface area contributed by atoms with Crippen LogP contribution in [-0.4, -0.2) is 11.7 Å². The van der Waals surface area contributed by atoms with Crippen LogP contribution in [0.3, 0.4) is 0 Å². The highest BCUT2D eigenvalue weighted by atomic mass is 79.9. The summed E-state index contributed by atoms with van der Waals surface area (Å²) >= 11 is 3.51. The number of hydrogen-bond donors (Lipinski definition) is 1. The Balaban J connectivity index is 2.37. The maximum Gasteiger partial charge on any atom is 0.0527 e. The average molecular weight is 241 g/mol. The zero-order valence-electron chi connectivity index (χ0n) is 7.68. The number of benzene rings is 1. The van der Waals surface area contributed by atoms with E-state index in [0.717, 1.165) is 17.3 Å². The summed E-state index contributed by atoms with van der Waals surface area (Å²) in [6, 6.07) is 6.37. The van der Waals surface area contributed by atoms with Crippen LogP contribution in [0, 0.1) is 6.92 Å². The molecule has 0 aliphatic heterocycles. The summed E-state index contributed by atoms with van der Waals surface area (Å²) in [6.45, 7) is 2.36. The van der Waals surface area contributed by atoms with Crippen LogP contribution < -0.4 is 0 Å². The van der Waals surface area contributed by atoms with Gasteiger partial charge in [0.1, 0.15) is 0 Å². The maximum absolute atomic E-state index is 9.25. The van der Waals surface area contributed by atoms with Gasteiger partial charge < -0.3 is 5.11 Å². The second-order valence-corrected chi connectivity index (χ2v) is 4.76. The molecule has 1 aromatic rings. The van der Waals surface area contributed by atoms with Gasteiger partial charge in [-0.25, -0.2) is 0 Å². The number of aliphatic hydroxyl groups excluding tert-OH is 1. The Hall–Kier alpha value is -0.340. The van der Waals surface area contributed by atoms with Gasteiger partial charge >= 0.3 is 0 Å². The lowest BCUT2D eigenvalue weighted by molar-refractivity contribution is 0.255. The van der Waals surface area contributed by atoms with Crippen molar-refractivity contribution in [2.75, 3.05) is 6.61 Å². The van der Waals surface area contributed by atoms with E-state index in [1.54, 1.807) is 0 Å². The quantitative estimate of drug-likeness (QED) is 0.844. The third-order valence-electron chi connectivity index (χ3n) is 2.94. The third kappa shape index (κ3) is 1.53. The van der Waals surface area contributed by atoms with Crippen LogP contribution in [0.2, 0.25) is 0 Å². The molecule has 0 amide bonds. The largest absolute Gasteiger partial charge is 0.395 e. The molecule has 0 bridgehead atoms. The first-order valence-corrected chi connectivity index (χ1v) is 5.35. The van der Waals surface area contributed by atoms with Crippen LogP contribution in [0.1, 0.15) is 24.0 Å². The lowest BCUT2D eigenvalue weighted by Gasteiger charge is -2.12. The van der Waals surface area contributed by atoms with Crippen LogP contribution in [0.5, 0.6) is 0 Å². The van der Waals surface area contributed by atoms with E-state index in [9.17, 15) is 5.11 Å². The van der Waals surface area contributed by atoms with E-state index in [2.05, 4.69) is 41.1 Å². The van der Waals surface area contributed by atoms with Gasteiger partial charge in [0.05, 0.1) is 6.61 Å². The van der Waals surface area contributed by atoms with Crippen molar-refractivity contribution in [1.82, 2.24) is 0 Å². The highest BCUT2D eigenvalue weighted by Crippen LogP contribution is 2.48. The predicted molar refractivity (Wildman–Crippen MR) is 56.9 cm³/mol. The number of aryl methyl sites for hydroxylation is 1. The normalized spacial score (nSPS) is 18.7. The smallest absolute Gasteiger partial charge is 0.0527 e. The zero-order chi connectivity index (χ0) is 9.47. The van der Waals surface area contributed by atoms with E-state index in [-0.39, 0.29) is 12.0 Å². The molecule has 1 fully saturated rings. The minimum absolute atomic E-state index is 0.0935. The fourth-order valence-corrected chi connectivity index (χ4v) is 1.99. The lowest BCUT2D eigenvalue weighted by atomic mass is 9.96. The minimum Gasteiger partial charge on any atom is -0.395 e. The summed E-state index contributed by atoms with van der Waals surface area (Å²) in [7, 11) is 0. The van der Waals surface area contributed by atoms with Crippen molar-refractivity contribution in [2.45, 2.75) is 25.2 Å². The fraction of sp³-hybridized carbons (Fsp3) is 0.455. The molecule has 0 atom stereocenters. The molecule has 1 aliphatic rings. The van der Waals surface area contributed by atoms with Crippen molar-refractivity contribution in [3.05, 3.63) is 33.8 Å². The van der Waals surface area contributed by atoms with Crippen molar-refractivity contribution in [3.8, 4) is 0 Å². The molecule has 1 aliphatic carbocycles. The lowest BCUT2D eigenvalue weighted by Crippen LogP contribution is -2.11. The van der Waals surface area contributed by atoms with E-state index < -0.39 is 0 Å². The van der Waals surface area contributed by atoms with Gasteiger partial charge in [-0.2, -0.15) is 0 Å². The summed E-state index contributed by atoms with van der Waals surface area (Å²) in [5.74, 6) is 0. The zero-order valence-corrected chi connectivity index (χ0v) is 9.26. The van der Waals surface area contributed by atoms with Crippen LogP contribution >= 0.6 is 15.9 Å². The van der Waals surface area contributed by atoms with Gasteiger partial charge in [-0.3, -0.25) is 0 Å². The highest BCUT2D eigenvalue weighted by Gasteiger charge is 2.43. The van der Waals surface area contributed by atoms with Gasteiger partial charge in [0, 0.05) is 9.89 Å². The van der Waals surface area contributed by atoms with Crippen LogP contribution in [0.25, 0.3) is 0 Å². The molecule has 1 aromatic carbocycles. The number of halogens is 1. The Bertz CT molecular complexity index is 329. The molecule has 1 saturated carbocycles. The molecule has 1 nitrogen and oxygen atoms in total. The average Bonchev–Trinajstić information content (AvgIpc) is 2.90. The van der Waals surface area contributed by atoms with E-state index in [1.807, 2.05) is 0 Å². The second kappa shape index (κ2) is 3.10. The third-order valence-corrected chi connectivity index (χ3v) is 3.79. The number of hydrogen-bond acceptors (Lipinski definition) is 1. The van der Waals surface area contributed by atoms with Crippen molar-refractivity contribution < 1.29 is 5.11 Å². The predicted octanol–water partition coefficient (Wildman–Crippen LogP) is 2.78. The van der Waals surface area contributed by atoms with Crippen molar-refractivity contribution in [1.29, 1.82) is 0 Å². The van der Waals surface area contributed by atoms with Crippen LogP contribution in [0.4, 0.5) is 0 Å². The molecule has 0 heterocycles. The van der Waals surface area contributed by atoms with Crippen molar-refractivity contribution in [3.63, 3.8) is 0 Å². The molecule has 1 N–H and O–H groups in total. The first-order valence-electron chi connectivity index (χ1n) is 4.55. The Morgan fingerprint density at radius 3 is 2.62 bits per heavy atom. The Labute approximate surface area is 86.9 Å². The SMILES string of the molecule is Cc1ccc(C2(CO)CC2)cc1Br. The molecule has 0 radical (unpaired) electrons. The van der Waals surface area contributed by atoms with Gasteiger partial charge in [-0.15, -0.1) is 0 Å². The van der Waals surface area contributed by atoms with Gasteiger partial charge in [0.25, 0.3) is 0 Å². The topological polar surface area (TPSA) is 20.2 Å². The van der Waals surface area contributed by atoms with Crippen LogP contribution in [-0.2, 0) is 5.41 Å². The monoisotopic (exact) mass is 240 g/mol. The molecule has 2 heteroatoms. The van der Waals surface area contributed by atoms with Crippen molar-refractivity contribution in [2.24, 2.45) is 0 Å². The Morgan fingerprint density at radius 2 is 2.15 bits per heavy atom. The molecular formula is C11H13BrO. The van der Waals surface area contributed by atoms with Gasteiger partial charge in [-0.05, 0) is 37.0 Å². The number of aliphatic hydroxyl groups is 1. The summed E-state index contributed by atoms with van der Waals surface area (Å²) in [6.07, 6.45) is 2.25. The molecular weight excluding hydrogens is 228 g/mol. The first kappa shape index (κ1) is 9.22. The summed E-state index contributed by atoms with van der Waals surface area (Å²) < 4.78 is 1.14. The van der Waals surface area contributed by atoms with E-state index in [0.29, 0.717) is 0 Å².